The summed E-state index contributed by atoms with van der Waals surface area (Å²) in [5.41, 5.74) is 2.25. The van der Waals surface area contributed by atoms with Crippen molar-refractivity contribution < 1.29 is 9.59 Å². The maximum atomic E-state index is 12.9. The number of aryl methyl sites for hydroxylation is 3. The summed E-state index contributed by atoms with van der Waals surface area (Å²) in [6.07, 6.45) is 5.94. The molecule has 0 bridgehead atoms. The molecule has 0 atom stereocenters. The minimum absolute atomic E-state index is 0.0570. The monoisotopic (exact) mass is 424 g/mol. The number of nitrogens with one attached hydrogen (secondary N) is 2. The number of rotatable bonds is 6. The van der Waals surface area contributed by atoms with Crippen molar-refractivity contribution in [3.8, 4) is 0 Å². The lowest BCUT2D eigenvalue weighted by Gasteiger charge is -2.10. The molecule has 0 saturated heterocycles. The topological polar surface area (TPSA) is 93.1 Å². The van der Waals surface area contributed by atoms with Crippen LogP contribution in [-0.2, 0) is 24.2 Å². The third-order valence-corrected chi connectivity index (χ3v) is 6.49. The molecule has 3 aromatic rings. The zero-order valence-electron chi connectivity index (χ0n) is 16.9. The van der Waals surface area contributed by atoms with Gasteiger partial charge in [-0.3, -0.25) is 19.0 Å². The van der Waals surface area contributed by atoms with Gasteiger partial charge in [-0.15, -0.1) is 11.3 Å². The second-order valence-corrected chi connectivity index (χ2v) is 8.45. The second-order valence-electron chi connectivity index (χ2n) is 7.37. The van der Waals surface area contributed by atoms with E-state index in [1.54, 1.807) is 41.9 Å². The average molecular weight is 425 g/mol. The highest BCUT2D eigenvalue weighted by molar-refractivity contribution is 7.18. The first-order chi connectivity index (χ1) is 14.6. The van der Waals surface area contributed by atoms with E-state index < -0.39 is 0 Å². The summed E-state index contributed by atoms with van der Waals surface area (Å²) < 4.78 is 1.53. The fourth-order valence-electron chi connectivity index (χ4n) is 3.75. The minimum Gasteiger partial charge on any atom is -0.352 e. The third kappa shape index (κ3) is 4.14. The van der Waals surface area contributed by atoms with Crippen LogP contribution in [0.2, 0.25) is 0 Å². The van der Waals surface area contributed by atoms with Crippen LogP contribution in [0.15, 0.2) is 35.4 Å². The zero-order chi connectivity index (χ0) is 21.1. The molecule has 8 heteroatoms. The van der Waals surface area contributed by atoms with Gasteiger partial charge in [0.15, 0.2) is 0 Å². The standard InChI is InChI=1S/C22H24N4O3S/c1-2-23-20(28)14-7-9-15(10-8-14)25-18(27)11-12-26-13-24-21-19(22(26)29)16-5-3-4-6-17(16)30-21/h7-10,13H,2-6,11-12H2,1H3,(H,23,28)(H,25,27). The first-order valence-corrected chi connectivity index (χ1v) is 11.1. The highest BCUT2D eigenvalue weighted by Crippen LogP contribution is 2.33. The average Bonchev–Trinajstić information content (AvgIpc) is 3.13. The summed E-state index contributed by atoms with van der Waals surface area (Å²) in [5.74, 6) is -0.339. The quantitative estimate of drug-likeness (QED) is 0.636. The Morgan fingerprint density at radius 3 is 2.70 bits per heavy atom. The fraction of sp³-hybridized carbons (Fsp3) is 0.364. The number of anilines is 1. The Balaban J connectivity index is 1.41. The van der Waals surface area contributed by atoms with Crippen LogP contribution in [0.3, 0.4) is 0 Å². The van der Waals surface area contributed by atoms with Crippen molar-refractivity contribution in [2.45, 2.75) is 45.6 Å². The lowest BCUT2D eigenvalue weighted by Crippen LogP contribution is -2.24. The van der Waals surface area contributed by atoms with Crippen LogP contribution in [0.25, 0.3) is 10.2 Å². The minimum atomic E-state index is -0.194. The highest BCUT2D eigenvalue weighted by atomic mass is 32.1. The van der Waals surface area contributed by atoms with Gasteiger partial charge in [0, 0.05) is 35.6 Å². The van der Waals surface area contributed by atoms with E-state index in [1.807, 2.05) is 6.92 Å². The van der Waals surface area contributed by atoms with Crippen molar-refractivity contribution in [2.24, 2.45) is 0 Å². The van der Waals surface area contributed by atoms with Crippen molar-refractivity contribution in [2.75, 3.05) is 11.9 Å². The predicted octanol–water partition coefficient (Wildman–Crippen LogP) is 3.12. The second kappa shape index (κ2) is 8.79. The van der Waals surface area contributed by atoms with E-state index in [4.69, 9.17) is 0 Å². The number of hydrogen-bond acceptors (Lipinski definition) is 5. The number of thiophene rings is 1. The fourth-order valence-corrected chi connectivity index (χ4v) is 4.97. The Morgan fingerprint density at radius 2 is 1.93 bits per heavy atom. The molecular formula is C22H24N4O3S. The molecular weight excluding hydrogens is 400 g/mol. The largest absolute Gasteiger partial charge is 0.352 e. The Kier molecular flexibility index (Phi) is 5.94. The van der Waals surface area contributed by atoms with Crippen molar-refractivity contribution in [3.63, 3.8) is 0 Å². The number of benzene rings is 1. The van der Waals surface area contributed by atoms with Crippen LogP contribution >= 0.6 is 11.3 Å². The van der Waals surface area contributed by atoms with Crippen molar-refractivity contribution >= 4 is 39.1 Å². The van der Waals surface area contributed by atoms with Crippen LogP contribution in [0.4, 0.5) is 5.69 Å². The van der Waals surface area contributed by atoms with Crippen LogP contribution in [0, 0.1) is 0 Å². The van der Waals surface area contributed by atoms with Gasteiger partial charge in [-0.05, 0) is 62.4 Å². The van der Waals surface area contributed by atoms with Crippen molar-refractivity contribution in [3.05, 3.63) is 57.0 Å². The van der Waals surface area contributed by atoms with Gasteiger partial charge in [-0.2, -0.15) is 0 Å². The van der Waals surface area contributed by atoms with E-state index in [0.717, 1.165) is 35.0 Å². The van der Waals surface area contributed by atoms with E-state index in [-0.39, 0.29) is 30.3 Å². The molecule has 0 spiro atoms. The Hall–Kier alpha value is -3.00. The molecule has 2 heterocycles. The van der Waals surface area contributed by atoms with Gasteiger partial charge in [-0.25, -0.2) is 4.98 Å². The van der Waals surface area contributed by atoms with E-state index in [2.05, 4.69) is 15.6 Å². The number of aromatic nitrogens is 2. The summed E-state index contributed by atoms with van der Waals surface area (Å²) in [7, 11) is 0. The van der Waals surface area contributed by atoms with E-state index in [0.29, 0.717) is 17.8 Å². The maximum absolute atomic E-state index is 12.9. The van der Waals surface area contributed by atoms with Gasteiger partial charge >= 0.3 is 0 Å². The first-order valence-electron chi connectivity index (χ1n) is 10.2. The molecule has 2 aromatic heterocycles. The van der Waals surface area contributed by atoms with Gasteiger partial charge < -0.3 is 10.6 Å². The lowest BCUT2D eigenvalue weighted by molar-refractivity contribution is -0.116. The summed E-state index contributed by atoms with van der Waals surface area (Å²) >= 11 is 1.62. The van der Waals surface area contributed by atoms with E-state index in [9.17, 15) is 14.4 Å². The molecule has 0 aliphatic heterocycles. The summed E-state index contributed by atoms with van der Waals surface area (Å²) in [4.78, 5) is 43.6. The highest BCUT2D eigenvalue weighted by Gasteiger charge is 2.20. The predicted molar refractivity (Wildman–Crippen MR) is 118 cm³/mol. The summed E-state index contributed by atoms with van der Waals surface area (Å²) in [6, 6.07) is 6.73. The molecule has 0 saturated carbocycles. The van der Waals surface area contributed by atoms with E-state index in [1.165, 1.54) is 15.9 Å². The molecule has 0 fully saturated rings. The van der Waals surface area contributed by atoms with Gasteiger partial charge in [0.25, 0.3) is 11.5 Å². The molecule has 0 unspecified atom stereocenters. The molecule has 1 aliphatic rings. The van der Waals surface area contributed by atoms with Gasteiger partial charge in [0.2, 0.25) is 5.91 Å². The Morgan fingerprint density at radius 1 is 1.17 bits per heavy atom. The molecule has 0 radical (unpaired) electrons. The molecule has 156 valence electrons. The van der Waals surface area contributed by atoms with Crippen LogP contribution in [0.5, 0.6) is 0 Å². The normalized spacial score (nSPS) is 13.1. The number of amides is 2. The molecule has 30 heavy (non-hydrogen) atoms. The van der Waals surface area contributed by atoms with Gasteiger partial charge in [0.05, 0.1) is 11.7 Å². The SMILES string of the molecule is CCNC(=O)c1ccc(NC(=O)CCn2cnc3sc4c(c3c2=O)CCCC4)cc1. The van der Waals surface area contributed by atoms with E-state index >= 15 is 0 Å². The number of carbonyl (C=O) groups is 2. The molecule has 7 nitrogen and oxygen atoms in total. The number of hydrogen-bond donors (Lipinski definition) is 2. The number of carbonyl (C=O) groups excluding carboxylic acids is 2. The van der Waals surface area contributed by atoms with Crippen LogP contribution < -0.4 is 16.2 Å². The van der Waals surface area contributed by atoms with Gasteiger partial charge in [-0.1, -0.05) is 0 Å². The van der Waals surface area contributed by atoms with Crippen molar-refractivity contribution in [1.82, 2.24) is 14.9 Å². The van der Waals surface area contributed by atoms with Crippen LogP contribution in [0.1, 0.15) is 47.0 Å². The van der Waals surface area contributed by atoms with Crippen molar-refractivity contribution in [1.29, 1.82) is 0 Å². The molecule has 4 rings (SSSR count). The molecule has 1 aromatic carbocycles. The smallest absolute Gasteiger partial charge is 0.262 e. The Labute approximate surface area is 178 Å². The first kappa shape index (κ1) is 20.3. The lowest BCUT2D eigenvalue weighted by atomic mass is 9.97. The number of nitrogens with zero attached hydrogens (tertiary/aromatic N) is 2. The molecule has 2 amide bonds. The van der Waals surface area contributed by atoms with Gasteiger partial charge in [0.1, 0.15) is 4.83 Å². The number of fused-ring (bicyclic) bond motifs is 3. The summed E-state index contributed by atoms with van der Waals surface area (Å²) in [5, 5.41) is 6.27. The zero-order valence-corrected chi connectivity index (χ0v) is 17.7. The third-order valence-electron chi connectivity index (χ3n) is 5.29. The maximum Gasteiger partial charge on any atom is 0.262 e. The summed E-state index contributed by atoms with van der Waals surface area (Å²) in [6.45, 7) is 2.69. The van der Waals surface area contributed by atoms with Crippen LogP contribution in [-0.4, -0.2) is 27.9 Å². The molecule has 1 aliphatic carbocycles. The Bertz CT molecular complexity index is 1150. The molecule has 2 N–H and O–H groups in total.